The number of aromatic nitrogens is 4. The predicted molar refractivity (Wildman–Crippen MR) is 104 cm³/mol. The molecule has 0 unspecified atom stereocenters. The van der Waals surface area contributed by atoms with Gasteiger partial charge in [-0.25, -0.2) is 22.8 Å². The molecule has 3 heterocycles. The summed E-state index contributed by atoms with van der Waals surface area (Å²) in [6.45, 7) is 1.93. The van der Waals surface area contributed by atoms with Crippen LogP contribution in [-0.2, 0) is 10.0 Å². The van der Waals surface area contributed by atoms with Crippen molar-refractivity contribution in [2.75, 3.05) is 11.9 Å². The molecule has 150 valence electrons. The van der Waals surface area contributed by atoms with Crippen LogP contribution in [0, 0.1) is 12.7 Å². The summed E-state index contributed by atoms with van der Waals surface area (Å²) < 4.78 is 41.6. The largest absolute Gasteiger partial charge is 0.322 e. The lowest BCUT2D eigenvalue weighted by Crippen LogP contribution is -2.31. The van der Waals surface area contributed by atoms with E-state index in [4.69, 9.17) is 0 Å². The Bertz CT molecular complexity index is 1130. The number of anilines is 2. The molecular weight excluding hydrogens is 395 g/mol. The van der Waals surface area contributed by atoms with Crippen molar-refractivity contribution < 1.29 is 12.8 Å². The average molecular weight is 414 g/mol. The third kappa shape index (κ3) is 3.94. The molecule has 1 fully saturated rings. The smallest absolute Gasteiger partial charge is 0.243 e. The number of sulfonamides is 1. The monoisotopic (exact) mass is 414 g/mol. The molecule has 0 amide bonds. The van der Waals surface area contributed by atoms with Crippen molar-refractivity contribution in [1.29, 1.82) is 0 Å². The Morgan fingerprint density at radius 2 is 1.97 bits per heavy atom. The van der Waals surface area contributed by atoms with Crippen LogP contribution in [0.25, 0.3) is 0 Å². The van der Waals surface area contributed by atoms with Crippen LogP contribution in [0.1, 0.15) is 30.1 Å². The highest BCUT2D eigenvalue weighted by Crippen LogP contribution is 2.36. The molecule has 1 aliphatic heterocycles. The second-order valence-corrected chi connectivity index (χ2v) is 8.62. The topological polar surface area (TPSA) is 101 Å². The van der Waals surface area contributed by atoms with Crippen LogP contribution < -0.4 is 5.32 Å². The summed E-state index contributed by atoms with van der Waals surface area (Å²) in [6.07, 6.45) is 9.02. The zero-order chi connectivity index (χ0) is 20.4. The van der Waals surface area contributed by atoms with Crippen LogP contribution in [0.15, 0.2) is 54.1 Å². The molecule has 0 radical (unpaired) electrons. The van der Waals surface area contributed by atoms with Gasteiger partial charge in [0.2, 0.25) is 10.0 Å². The number of nitrogens with one attached hydrogen (secondary N) is 1. The molecule has 3 aromatic rings. The molecule has 0 spiro atoms. The molecule has 10 heteroatoms. The third-order valence-electron chi connectivity index (χ3n) is 4.77. The predicted octanol–water partition coefficient (Wildman–Crippen LogP) is 2.98. The number of benzene rings is 1. The maximum absolute atomic E-state index is 14.0. The maximum Gasteiger partial charge on any atom is 0.243 e. The summed E-state index contributed by atoms with van der Waals surface area (Å²) in [5.41, 5.74) is 0.920. The fourth-order valence-electron chi connectivity index (χ4n) is 3.29. The van der Waals surface area contributed by atoms with E-state index in [2.05, 4.69) is 25.3 Å². The summed E-state index contributed by atoms with van der Waals surface area (Å²) in [5.74, 6) is 0.399. The van der Waals surface area contributed by atoms with Crippen LogP contribution in [-0.4, -0.2) is 39.2 Å². The van der Waals surface area contributed by atoms with E-state index < -0.39 is 21.9 Å². The summed E-state index contributed by atoms with van der Waals surface area (Å²) in [6, 6.07) is 3.50. The van der Waals surface area contributed by atoms with Crippen LogP contribution in [0.4, 0.5) is 16.0 Å². The summed E-state index contributed by atoms with van der Waals surface area (Å²) in [7, 11) is -3.86. The fourth-order valence-corrected chi connectivity index (χ4v) is 4.97. The Morgan fingerprint density at radius 3 is 2.72 bits per heavy atom. The van der Waals surface area contributed by atoms with Gasteiger partial charge in [0.1, 0.15) is 17.5 Å². The molecule has 4 rings (SSSR count). The van der Waals surface area contributed by atoms with E-state index in [-0.39, 0.29) is 4.90 Å². The van der Waals surface area contributed by atoms with E-state index >= 15 is 0 Å². The van der Waals surface area contributed by atoms with Crippen LogP contribution >= 0.6 is 0 Å². The van der Waals surface area contributed by atoms with Gasteiger partial charge in [-0.3, -0.25) is 9.97 Å². The van der Waals surface area contributed by atoms with Gasteiger partial charge in [-0.15, -0.1) is 0 Å². The summed E-state index contributed by atoms with van der Waals surface area (Å²) in [5, 5.41) is 3.00. The third-order valence-corrected chi connectivity index (χ3v) is 6.67. The Balaban J connectivity index is 1.63. The van der Waals surface area contributed by atoms with Gasteiger partial charge in [0, 0.05) is 18.9 Å². The number of halogens is 1. The van der Waals surface area contributed by atoms with Crippen molar-refractivity contribution >= 4 is 21.7 Å². The normalized spacial score (nSPS) is 17.4. The minimum Gasteiger partial charge on any atom is -0.322 e. The van der Waals surface area contributed by atoms with Crippen molar-refractivity contribution in [3.05, 3.63) is 66.3 Å². The minimum absolute atomic E-state index is 0.0608. The van der Waals surface area contributed by atoms with Crippen LogP contribution in [0.2, 0.25) is 0 Å². The lowest BCUT2D eigenvalue weighted by molar-refractivity contribution is 0.389. The van der Waals surface area contributed by atoms with Crippen LogP contribution in [0.5, 0.6) is 0 Å². The molecule has 2 aromatic heterocycles. The lowest BCUT2D eigenvalue weighted by atomic mass is 10.2. The van der Waals surface area contributed by atoms with Crippen molar-refractivity contribution in [2.45, 2.75) is 30.7 Å². The number of hydrogen-bond donors (Lipinski definition) is 1. The first-order valence-corrected chi connectivity index (χ1v) is 10.5. The van der Waals surface area contributed by atoms with Crippen molar-refractivity contribution in [3.63, 3.8) is 0 Å². The van der Waals surface area contributed by atoms with Gasteiger partial charge in [-0.05, 0) is 37.5 Å². The van der Waals surface area contributed by atoms with E-state index in [1.54, 1.807) is 31.7 Å². The Hall–Kier alpha value is -2.98. The highest BCUT2D eigenvalue weighted by Gasteiger charge is 2.37. The highest BCUT2D eigenvalue weighted by molar-refractivity contribution is 7.89. The molecule has 29 heavy (non-hydrogen) atoms. The molecule has 1 atom stereocenters. The van der Waals surface area contributed by atoms with Gasteiger partial charge in [0.15, 0.2) is 0 Å². The van der Waals surface area contributed by atoms with E-state index in [1.807, 2.05) is 0 Å². The van der Waals surface area contributed by atoms with Gasteiger partial charge in [0.05, 0.1) is 35.2 Å². The standard InChI is InChI=1S/C19H19FN6O2S/c1-13-4-5-14(9-15(13)20)29(27,28)26-8-2-3-17(26)16-10-22-12-19(24-16)25-18-11-21-6-7-23-18/h4-7,9-12,17H,2-3,8H2,1H3,(H,23,24,25)/t17-/m1/s1. The number of nitrogens with zero attached hydrogens (tertiary/aromatic N) is 5. The second-order valence-electron chi connectivity index (χ2n) is 6.73. The van der Waals surface area contributed by atoms with Crippen molar-refractivity contribution in [2.24, 2.45) is 0 Å². The highest BCUT2D eigenvalue weighted by atomic mass is 32.2. The maximum atomic E-state index is 14.0. The Kier molecular flexibility index (Phi) is 5.20. The van der Waals surface area contributed by atoms with E-state index in [0.29, 0.717) is 42.3 Å². The molecule has 1 saturated heterocycles. The fraction of sp³-hybridized carbons (Fsp3) is 0.263. The van der Waals surface area contributed by atoms with Gasteiger partial charge < -0.3 is 5.32 Å². The van der Waals surface area contributed by atoms with Crippen molar-refractivity contribution in [1.82, 2.24) is 24.2 Å². The summed E-state index contributed by atoms with van der Waals surface area (Å²) in [4.78, 5) is 16.8. The zero-order valence-electron chi connectivity index (χ0n) is 15.7. The first-order chi connectivity index (χ1) is 13.9. The second kappa shape index (κ2) is 7.80. The molecular formula is C19H19FN6O2S. The van der Waals surface area contributed by atoms with Gasteiger partial charge in [-0.1, -0.05) is 6.07 Å². The first kappa shape index (κ1) is 19.3. The van der Waals surface area contributed by atoms with Crippen molar-refractivity contribution in [3.8, 4) is 0 Å². The van der Waals surface area contributed by atoms with Gasteiger partial charge in [-0.2, -0.15) is 4.31 Å². The Morgan fingerprint density at radius 1 is 1.14 bits per heavy atom. The zero-order valence-corrected chi connectivity index (χ0v) is 16.5. The molecule has 1 aromatic carbocycles. The molecule has 8 nitrogen and oxygen atoms in total. The molecule has 0 aliphatic carbocycles. The van der Waals surface area contributed by atoms with E-state index in [1.165, 1.54) is 22.6 Å². The number of hydrogen-bond acceptors (Lipinski definition) is 7. The average Bonchev–Trinajstić information content (AvgIpc) is 3.22. The molecule has 1 aliphatic rings. The molecule has 0 bridgehead atoms. The van der Waals surface area contributed by atoms with E-state index in [0.717, 1.165) is 6.07 Å². The lowest BCUT2D eigenvalue weighted by Gasteiger charge is -2.24. The molecule has 1 N–H and O–H groups in total. The van der Waals surface area contributed by atoms with Gasteiger partial charge >= 0.3 is 0 Å². The summed E-state index contributed by atoms with van der Waals surface area (Å²) >= 11 is 0. The van der Waals surface area contributed by atoms with Gasteiger partial charge in [0.25, 0.3) is 0 Å². The Labute approximate surface area is 167 Å². The SMILES string of the molecule is Cc1ccc(S(=O)(=O)N2CCC[C@@H]2c2cncc(Nc3cnccn3)n2)cc1F. The quantitative estimate of drug-likeness (QED) is 0.685. The van der Waals surface area contributed by atoms with E-state index in [9.17, 15) is 12.8 Å². The first-order valence-electron chi connectivity index (χ1n) is 9.08. The number of aryl methyl sites for hydroxylation is 1. The molecule has 0 saturated carbocycles. The minimum atomic E-state index is -3.86. The number of rotatable bonds is 5. The van der Waals surface area contributed by atoms with Crippen LogP contribution in [0.3, 0.4) is 0 Å².